The van der Waals surface area contributed by atoms with Crippen LogP contribution in [0.4, 0.5) is 19.0 Å². The molecule has 1 aromatic carbocycles. The zero-order valence-electron chi connectivity index (χ0n) is 20.8. The van der Waals surface area contributed by atoms with Gasteiger partial charge in [-0.3, -0.25) is 9.78 Å². The number of hydrogen-bond donors (Lipinski definition) is 2. The van der Waals surface area contributed by atoms with E-state index in [1.165, 1.54) is 6.07 Å². The number of hydrogen-bond acceptors (Lipinski definition) is 6. The number of aromatic amines is 1. The molecule has 0 bridgehead atoms. The normalized spacial score (nSPS) is 15.1. The fourth-order valence-corrected chi connectivity index (χ4v) is 5.02. The van der Waals surface area contributed by atoms with E-state index in [9.17, 15) is 18.0 Å². The van der Waals surface area contributed by atoms with Crippen molar-refractivity contribution in [2.24, 2.45) is 0 Å². The van der Waals surface area contributed by atoms with Crippen LogP contribution in [-0.2, 0) is 30.6 Å². The Morgan fingerprint density at radius 3 is 2.74 bits per heavy atom. The van der Waals surface area contributed by atoms with Gasteiger partial charge >= 0.3 is 6.18 Å². The molecule has 1 atom stereocenters. The van der Waals surface area contributed by atoms with Crippen molar-refractivity contribution < 1.29 is 22.7 Å². The minimum Gasteiger partial charge on any atom is -0.383 e. The summed E-state index contributed by atoms with van der Waals surface area (Å²) in [6.07, 6.45) is -0.512. The number of amides is 1. The van der Waals surface area contributed by atoms with Crippen LogP contribution in [0.5, 0.6) is 0 Å². The SMILES string of the molecule is CC1OCc2c1c(N)nc1ccc(C(=O)N(Cc3ccc(C(F)(F)F)cn3)Cc3ccnc4[nH]ccc34)cc21. The zero-order chi connectivity index (χ0) is 27.3. The Bertz CT molecular complexity index is 1720. The number of nitrogens with two attached hydrogens (primary N) is 1. The van der Waals surface area contributed by atoms with E-state index in [1.807, 2.05) is 19.1 Å². The van der Waals surface area contributed by atoms with E-state index in [1.54, 1.807) is 35.5 Å². The molecular weight excluding hydrogens is 509 g/mol. The molecule has 6 rings (SSSR count). The number of alkyl halides is 3. The van der Waals surface area contributed by atoms with Gasteiger partial charge in [-0.15, -0.1) is 0 Å². The van der Waals surface area contributed by atoms with Gasteiger partial charge in [0.05, 0.1) is 36.0 Å². The van der Waals surface area contributed by atoms with Crippen molar-refractivity contribution in [2.45, 2.75) is 38.9 Å². The maximum Gasteiger partial charge on any atom is 0.417 e. The van der Waals surface area contributed by atoms with Crippen LogP contribution in [0.15, 0.2) is 61.1 Å². The highest BCUT2D eigenvalue weighted by atomic mass is 19.4. The molecule has 8 nitrogen and oxygen atoms in total. The monoisotopic (exact) mass is 532 g/mol. The lowest BCUT2D eigenvalue weighted by atomic mass is 10.00. The van der Waals surface area contributed by atoms with Crippen LogP contribution in [0, 0.1) is 0 Å². The van der Waals surface area contributed by atoms with Gasteiger partial charge in [-0.05, 0) is 60.5 Å². The minimum atomic E-state index is -4.50. The lowest BCUT2D eigenvalue weighted by Gasteiger charge is -2.23. The van der Waals surface area contributed by atoms with Gasteiger partial charge in [0.1, 0.15) is 11.5 Å². The number of nitrogens with zero attached hydrogens (tertiary/aromatic N) is 4. The van der Waals surface area contributed by atoms with Crippen molar-refractivity contribution in [2.75, 3.05) is 5.73 Å². The molecule has 39 heavy (non-hydrogen) atoms. The second kappa shape index (κ2) is 9.35. The number of benzene rings is 1. The highest BCUT2D eigenvalue weighted by Crippen LogP contribution is 2.38. The quantitative estimate of drug-likeness (QED) is 0.308. The van der Waals surface area contributed by atoms with Gasteiger partial charge < -0.3 is 20.4 Å². The molecule has 1 aliphatic heterocycles. The van der Waals surface area contributed by atoms with Gasteiger partial charge in [0.2, 0.25) is 0 Å². The van der Waals surface area contributed by atoms with Crippen LogP contribution < -0.4 is 5.73 Å². The van der Waals surface area contributed by atoms with Crippen molar-refractivity contribution in [3.05, 3.63) is 94.6 Å². The van der Waals surface area contributed by atoms with Crippen molar-refractivity contribution in [1.29, 1.82) is 0 Å². The standard InChI is InChI=1S/C28H23F3N6O2/c1-15-24-22(14-39-15)21-10-16(2-5-23(21)36-25(24)32)27(38)37(12-17-6-8-33-26-20(17)7-9-34-26)13-19-4-3-18(11-35-19)28(29,30)31/h2-11,15H,12-14H2,1H3,(H2,32,36)(H,33,34). The lowest BCUT2D eigenvalue weighted by molar-refractivity contribution is -0.137. The maximum atomic E-state index is 13.9. The molecule has 0 saturated heterocycles. The van der Waals surface area contributed by atoms with E-state index in [4.69, 9.17) is 10.5 Å². The molecule has 0 saturated carbocycles. The third kappa shape index (κ3) is 4.54. The number of aromatic nitrogens is 4. The number of ether oxygens (including phenoxy) is 1. The smallest absolute Gasteiger partial charge is 0.383 e. The molecule has 4 aromatic heterocycles. The van der Waals surface area contributed by atoms with E-state index >= 15 is 0 Å². The first kappa shape index (κ1) is 24.8. The first-order chi connectivity index (χ1) is 18.7. The first-order valence-electron chi connectivity index (χ1n) is 12.2. The van der Waals surface area contributed by atoms with Crippen LogP contribution in [0.3, 0.4) is 0 Å². The fourth-order valence-electron chi connectivity index (χ4n) is 5.02. The Morgan fingerprint density at radius 2 is 1.97 bits per heavy atom. The Morgan fingerprint density at radius 1 is 1.13 bits per heavy atom. The molecule has 198 valence electrons. The number of carbonyl (C=O) groups excluding carboxylic acids is 1. The number of nitrogens with one attached hydrogen (secondary N) is 1. The van der Waals surface area contributed by atoms with Crippen LogP contribution >= 0.6 is 0 Å². The second-order valence-corrected chi connectivity index (χ2v) is 9.48. The summed E-state index contributed by atoms with van der Waals surface area (Å²) in [6, 6.07) is 11.1. The van der Waals surface area contributed by atoms with Gasteiger partial charge in [-0.1, -0.05) is 0 Å². The van der Waals surface area contributed by atoms with Crippen LogP contribution in [-0.4, -0.2) is 30.7 Å². The Kier molecular flexibility index (Phi) is 5.95. The van der Waals surface area contributed by atoms with Gasteiger partial charge in [0.25, 0.3) is 5.91 Å². The minimum absolute atomic E-state index is 0.00148. The van der Waals surface area contributed by atoms with Crippen molar-refractivity contribution in [3.8, 4) is 0 Å². The number of nitrogen functional groups attached to an aromatic ring is 1. The Hall–Kier alpha value is -4.51. The summed E-state index contributed by atoms with van der Waals surface area (Å²) in [5.74, 6) is 0.0985. The molecule has 0 radical (unpaired) electrons. The fraction of sp³-hybridized carbons (Fsp3) is 0.214. The Labute approximate surface area is 220 Å². The molecule has 5 heterocycles. The highest BCUT2D eigenvalue weighted by molar-refractivity contribution is 5.99. The highest BCUT2D eigenvalue weighted by Gasteiger charge is 2.31. The average molecular weight is 533 g/mol. The van der Waals surface area contributed by atoms with Gasteiger partial charge in [-0.2, -0.15) is 13.2 Å². The maximum absolute atomic E-state index is 13.9. The van der Waals surface area contributed by atoms with Crippen molar-refractivity contribution in [3.63, 3.8) is 0 Å². The van der Waals surface area contributed by atoms with Gasteiger partial charge in [-0.25, -0.2) is 9.97 Å². The van der Waals surface area contributed by atoms with Crippen LogP contribution in [0.2, 0.25) is 0 Å². The molecule has 11 heteroatoms. The zero-order valence-corrected chi connectivity index (χ0v) is 20.8. The van der Waals surface area contributed by atoms with Crippen LogP contribution in [0.25, 0.3) is 21.9 Å². The lowest BCUT2D eigenvalue weighted by Crippen LogP contribution is -2.30. The number of H-pyrrole nitrogens is 1. The molecule has 0 aliphatic carbocycles. The number of halogens is 3. The van der Waals surface area contributed by atoms with E-state index in [0.29, 0.717) is 34.8 Å². The molecule has 1 aliphatic rings. The van der Waals surface area contributed by atoms with Gasteiger partial charge in [0, 0.05) is 47.0 Å². The molecular formula is C28H23F3N6O2. The largest absolute Gasteiger partial charge is 0.417 e. The van der Waals surface area contributed by atoms with Crippen molar-refractivity contribution in [1.82, 2.24) is 24.8 Å². The molecule has 5 aromatic rings. The topological polar surface area (TPSA) is 110 Å². The van der Waals surface area contributed by atoms with E-state index < -0.39 is 11.7 Å². The summed E-state index contributed by atoms with van der Waals surface area (Å²) in [5, 5.41) is 1.62. The number of pyridine rings is 3. The van der Waals surface area contributed by atoms with E-state index in [-0.39, 0.29) is 25.1 Å². The first-order valence-corrected chi connectivity index (χ1v) is 12.2. The summed E-state index contributed by atoms with van der Waals surface area (Å²) in [6.45, 7) is 2.45. The third-order valence-corrected chi connectivity index (χ3v) is 7.00. The molecule has 3 N–H and O–H groups in total. The summed E-state index contributed by atoms with van der Waals surface area (Å²) >= 11 is 0. The Balaban J connectivity index is 1.39. The predicted molar refractivity (Wildman–Crippen MR) is 138 cm³/mol. The number of fused-ring (bicyclic) bond motifs is 4. The second-order valence-electron chi connectivity index (χ2n) is 9.48. The number of anilines is 1. The molecule has 0 fully saturated rings. The molecule has 1 amide bonds. The predicted octanol–water partition coefficient (Wildman–Crippen LogP) is 5.54. The summed E-state index contributed by atoms with van der Waals surface area (Å²) in [7, 11) is 0. The van der Waals surface area contributed by atoms with E-state index in [0.717, 1.165) is 39.7 Å². The van der Waals surface area contributed by atoms with Crippen molar-refractivity contribution >= 4 is 33.7 Å². The van der Waals surface area contributed by atoms with Gasteiger partial charge in [0.15, 0.2) is 0 Å². The summed E-state index contributed by atoms with van der Waals surface area (Å²) in [5.41, 5.74) is 9.94. The van der Waals surface area contributed by atoms with Crippen LogP contribution in [0.1, 0.15) is 51.3 Å². The molecule has 1 unspecified atom stereocenters. The molecule has 0 spiro atoms. The van der Waals surface area contributed by atoms with E-state index in [2.05, 4.69) is 19.9 Å². The average Bonchev–Trinajstić information content (AvgIpc) is 3.55. The summed E-state index contributed by atoms with van der Waals surface area (Å²) in [4.78, 5) is 31.4. The number of carbonyl (C=O) groups is 1. The third-order valence-electron chi connectivity index (χ3n) is 7.00. The number of rotatable bonds is 5. The summed E-state index contributed by atoms with van der Waals surface area (Å²) < 4.78 is 45.0.